The highest BCUT2D eigenvalue weighted by Crippen LogP contribution is 2.39. The molecule has 0 bridgehead atoms. The van der Waals surface area contributed by atoms with Gasteiger partial charge in [0.05, 0.1) is 6.54 Å². The highest BCUT2D eigenvalue weighted by molar-refractivity contribution is 14.0. The van der Waals surface area contributed by atoms with Crippen LogP contribution in [0.4, 0.5) is 8.78 Å². The first-order valence-electron chi connectivity index (χ1n) is 10.2. The smallest absolute Gasteiger partial charge is 0.387 e. The van der Waals surface area contributed by atoms with Crippen molar-refractivity contribution >= 4 is 29.9 Å². The first-order chi connectivity index (χ1) is 14.1. The number of nitrogens with zero attached hydrogens (tertiary/aromatic N) is 2. The highest BCUT2D eigenvalue weighted by Gasteiger charge is 2.21. The second kappa shape index (κ2) is 12.3. The van der Waals surface area contributed by atoms with Gasteiger partial charge in [-0.3, -0.25) is 4.90 Å². The summed E-state index contributed by atoms with van der Waals surface area (Å²) < 4.78 is 40.9. The monoisotopic (exact) mass is 540 g/mol. The Balaban J connectivity index is 0.00000320. The van der Waals surface area contributed by atoms with Gasteiger partial charge in [-0.2, -0.15) is 8.78 Å². The van der Waals surface area contributed by atoms with Gasteiger partial charge in [0.15, 0.2) is 17.5 Å². The number of alkyl halides is 2. The minimum absolute atomic E-state index is 0. The Kier molecular flexibility index (Phi) is 10.2. The number of fused-ring (bicyclic) bond motifs is 1. The van der Waals surface area contributed by atoms with Crippen molar-refractivity contribution in [2.75, 3.05) is 33.0 Å². The molecule has 2 aliphatic rings. The fourth-order valence-corrected chi connectivity index (χ4v) is 3.65. The Bertz CT molecular complexity index is 703. The Labute approximate surface area is 193 Å². The van der Waals surface area contributed by atoms with Gasteiger partial charge in [0, 0.05) is 30.8 Å². The lowest BCUT2D eigenvalue weighted by Gasteiger charge is -2.27. The average molecular weight is 540 g/mol. The summed E-state index contributed by atoms with van der Waals surface area (Å²) in [5, 5.41) is 6.59. The van der Waals surface area contributed by atoms with E-state index >= 15 is 0 Å². The molecule has 2 heterocycles. The quantitative estimate of drug-likeness (QED) is 0.284. The number of benzene rings is 1. The van der Waals surface area contributed by atoms with Crippen molar-refractivity contribution in [1.82, 2.24) is 15.5 Å². The fourth-order valence-electron chi connectivity index (χ4n) is 3.65. The Morgan fingerprint density at radius 1 is 1.17 bits per heavy atom. The number of ether oxygens (including phenoxy) is 3. The van der Waals surface area contributed by atoms with Crippen molar-refractivity contribution in [3.05, 3.63) is 17.7 Å². The first-order valence-corrected chi connectivity index (χ1v) is 10.2. The van der Waals surface area contributed by atoms with Gasteiger partial charge in [-0.25, -0.2) is 4.99 Å². The maximum absolute atomic E-state index is 12.8. The molecule has 0 aliphatic carbocycles. The van der Waals surface area contributed by atoms with Crippen LogP contribution >= 0.6 is 24.0 Å². The maximum atomic E-state index is 12.8. The van der Waals surface area contributed by atoms with Crippen molar-refractivity contribution in [2.24, 2.45) is 4.99 Å². The van der Waals surface area contributed by atoms with Crippen LogP contribution in [0.1, 0.15) is 38.7 Å². The molecule has 0 spiro atoms. The van der Waals surface area contributed by atoms with Crippen LogP contribution in [0, 0.1) is 0 Å². The molecule has 1 saturated heterocycles. The van der Waals surface area contributed by atoms with Crippen LogP contribution < -0.4 is 24.8 Å². The van der Waals surface area contributed by atoms with Gasteiger partial charge < -0.3 is 24.8 Å². The lowest BCUT2D eigenvalue weighted by atomic mass is 10.1. The minimum atomic E-state index is -2.92. The van der Waals surface area contributed by atoms with Crippen molar-refractivity contribution in [3.8, 4) is 17.2 Å². The van der Waals surface area contributed by atoms with E-state index in [9.17, 15) is 8.78 Å². The zero-order chi connectivity index (χ0) is 20.6. The lowest BCUT2D eigenvalue weighted by Crippen LogP contribution is -2.46. The summed E-state index contributed by atoms with van der Waals surface area (Å²) in [5.74, 6) is 1.60. The van der Waals surface area contributed by atoms with Crippen molar-refractivity contribution in [1.29, 1.82) is 0 Å². The Morgan fingerprint density at radius 2 is 1.87 bits per heavy atom. The van der Waals surface area contributed by atoms with Gasteiger partial charge in [0.25, 0.3) is 0 Å². The Hall–Kier alpha value is -1.56. The van der Waals surface area contributed by atoms with E-state index in [0.717, 1.165) is 26.1 Å². The molecule has 1 atom stereocenters. The molecule has 3 rings (SSSR count). The number of likely N-dealkylation sites (tertiary alicyclic amines) is 1. The molecule has 0 radical (unpaired) electrons. The van der Waals surface area contributed by atoms with E-state index < -0.39 is 6.61 Å². The van der Waals surface area contributed by atoms with Crippen LogP contribution in [0.5, 0.6) is 17.2 Å². The van der Waals surface area contributed by atoms with E-state index in [4.69, 9.17) is 9.47 Å². The topological polar surface area (TPSA) is 67.4 Å². The summed E-state index contributed by atoms with van der Waals surface area (Å²) in [6.07, 6.45) is 3.56. The summed E-state index contributed by atoms with van der Waals surface area (Å²) >= 11 is 0. The SMILES string of the molecule is CCNC(=NCc1cc2c(cc1OC(F)F)OCO2)NCC(CC)N1CCCC1.I. The van der Waals surface area contributed by atoms with Crippen LogP contribution in [0.3, 0.4) is 0 Å². The number of hydrogen-bond acceptors (Lipinski definition) is 5. The van der Waals surface area contributed by atoms with Crippen molar-refractivity contribution < 1.29 is 23.0 Å². The summed E-state index contributed by atoms with van der Waals surface area (Å²) in [6.45, 7) is 5.26. The predicted octanol–water partition coefficient (Wildman–Crippen LogP) is 3.56. The minimum Gasteiger partial charge on any atom is -0.454 e. The molecule has 170 valence electrons. The summed E-state index contributed by atoms with van der Waals surface area (Å²) in [7, 11) is 0. The normalized spacial score (nSPS) is 17.0. The van der Waals surface area contributed by atoms with Crippen LogP contribution in [-0.2, 0) is 6.54 Å². The largest absolute Gasteiger partial charge is 0.454 e. The molecule has 30 heavy (non-hydrogen) atoms. The molecule has 0 saturated carbocycles. The summed E-state index contributed by atoms with van der Waals surface area (Å²) in [4.78, 5) is 7.07. The van der Waals surface area contributed by atoms with Crippen LogP contribution in [-0.4, -0.2) is 56.5 Å². The van der Waals surface area contributed by atoms with Crippen molar-refractivity contribution in [3.63, 3.8) is 0 Å². The number of aliphatic imine (C=N–C) groups is 1. The van der Waals surface area contributed by atoms with E-state index in [1.54, 1.807) is 6.07 Å². The third-order valence-electron chi connectivity index (χ3n) is 5.16. The van der Waals surface area contributed by atoms with Gasteiger partial charge in [0.2, 0.25) is 6.79 Å². The van der Waals surface area contributed by atoms with E-state index in [2.05, 4.69) is 32.2 Å². The van der Waals surface area contributed by atoms with Crippen LogP contribution in [0.25, 0.3) is 0 Å². The molecular weight excluding hydrogens is 509 g/mol. The average Bonchev–Trinajstić information content (AvgIpc) is 3.37. The number of rotatable bonds is 9. The third kappa shape index (κ3) is 6.73. The predicted molar refractivity (Wildman–Crippen MR) is 122 cm³/mol. The number of halogens is 3. The fraction of sp³-hybridized carbons (Fsp3) is 0.650. The second-order valence-electron chi connectivity index (χ2n) is 7.07. The van der Waals surface area contributed by atoms with Gasteiger partial charge in [-0.15, -0.1) is 24.0 Å². The van der Waals surface area contributed by atoms with Gasteiger partial charge in [-0.05, 0) is 45.3 Å². The molecule has 7 nitrogen and oxygen atoms in total. The van der Waals surface area contributed by atoms with E-state index in [1.165, 1.54) is 18.9 Å². The molecule has 10 heteroatoms. The van der Waals surface area contributed by atoms with Gasteiger partial charge in [0.1, 0.15) is 5.75 Å². The molecular formula is C20H31F2IN4O3. The van der Waals surface area contributed by atoms with Crippen molar-refractivity contribution in [2.45, 2.75) is 52.3 Å². The van der Waals surface area contributed by atoms with Gasteiger partial charge in [-0.1, -0.05) is 6.92 Å². The molecule has 1 aromatic rings. The van der Waals surface area contributed by atoms with E-state index in [-0.39, 0.29) is 43.1 Å². The summed E-state index contributed by atoms with van der Waals surface area (Å²) in [5.41, 5.74) is 0.512. The molecule has 1 fully saturated rings. The zero-order valence-corrected chi connectivity index (χ0v) is 19.8. The second-order valence-corrected chi connectivity index (χ2v) is 7.07. The highest BCUT2D eigenvalue weighted by atomic mass is 127. The van der Waals surface area contributed by atoms with Crippen LogP contribution in [0.15, 0.2) is 17.1 Å². The zero-order valence-electron chi connectivity index (χ0n) is 17.5. The number of guanidine groups is 1. The molecule has 2 N–H and O–H groups in total. The third-order valence-corrected chi connectivity index (χ3v) is 5.16. The number of nitrogens with one attached hydrogen (secondary N) is 2. The molecule has 2 aliphatic heterocycles. The van der Waals surface area contributed by atoms with E-state index in [1.807, 2.05) is 6.92 Å². The maximum Gasteiger partial charge on any atom is 0.387 e. The molecule has 0 aromatic heterocycles. The first kappa shape index (κ1) is 24.7. The van der Waals surface area contributed by atoms with Gasteiger partial charge >= 0.3 is 6.61 Å². The molecule has 1 aromatic carbocycles. The lowest BCUT2D eigenvalue weighted by molar-refractivity contribution is -0.0505. The standard InChI is InChI=1S/C20H30F2N4O3.HI/c1-3-15(26-7-5-6-8-26)12-25-20(23-4-2)24-11-14-9-17-18(28-13-27-17)10-16(14)29-19(21)22;/h9-10,15,19H,3-8,11-13H2,1-2H3,(H2,23,24,25);1H. The number of hydrogen-bond donors (Lipinski definition) is 2. The molecule has 0 amide bonds. The van der Waals surface area contributed by atoms with E-state index in [0.29, 0.717) is 35.6 Å². The summed E-state index contributed by atoms with van der Waals surface area (Å²) in [6, 6.07) is 3.52. The molecule has 1 unspecified atom stereocenters. The van der Waals surface area contributed by atoms with Crippen LogP contribution in [0.2, 0.25) is 0 Å². The Morgan fingerprint density at radius 3 is 2.50 bits per heavy atom.